The fourth-order valence-electron chi connectivity index (χ4n) is 1.26. The highest BCUT2D eigenvalue weighted by Crippen LogP contribution is 2.29. The van der Waals surface area contributed by atoms with Crippen molar-refractivity contribution in [1.82, 2.24) is 0 Å². The Morgan fingerprint density at radius 2 is 1.75 bits per heavy atom. The third-order valence-electron chi connectivity index (χ3n) is 2.73. The van der Waals surface area contributed by atoms with Gasteiger partial charge in [-0.15, -0.1) is 0 Å². The molecule has 1 aromatic carbocycles. The highest BCUT2D eigenvalue weighted by molar-refractivity contribution is 9.10. The molecule has 0 aliphatic rings. The molecule has 0 fully saturated rings. The second-order valence-electron chi connectivity index (χ2n) is 4.31. The van der Waals surface area contributed by atoms with Crippen LogP contribution < -0.4 is 0 Å². The van der Waals surface area contributed by atoms with Crippen molar-refractivity contribution in [3.05, 3.63) is 33.8 Å². The predicted octanol–water partition coefficient (Wildman–Crippen LogP) is 4.35. The van der Waals surface area contributed by atoms with Crippen molar-refractivity contribution in [1.29, 1.82) is 0 Å². The lowest BCUT2D eigenvalue weighted by atomic mass is 9.81. The van der Waals surface area contributed by atoms with Gasteiger partial charge in [-0.3, -0.25) is 4.79 Å². The Hall–Kier alpha value is -0.770. The zero-order chi connectivity index (χ0) is 12.5. The van der Waals surface area contributed by atoms with E-state index in [1.54, 1.807) is 13.8 Å². The molecule has 1 rings (SSSR count). The summed E-state index contributed by atoms with van der Waals surface area (Å²) in [6.45, 7) is 5.17. The Bertz CT molecular complexity index is 404. The summed E-state index contributed by atoms with van der Waals surface area (Å²) in [6, 6.07) is 2.20. The summed E-state index contributed by atoms with van der Waals surface area (Å²) in [5.74, 6) is -2.14. The summed E-state index contributed by atoms with van der Waals surface area (Å²) in [4.78, 5) is 12.0. The van der Waals surface area contributed by atoms with Gasteiger partial charge in [0.25, 0.3) is 0 Å². The number of benzene rings is 1. The van der Waals surface area contributed by atoms with Gasteiger partial charge in [-0.05, 0) is 18.6 Å². The molecule has 0 spiro atoms. The van der Waals surface area contributed by atoms with Crippen LogP contribution in [0, 0.1) is 17.0 Å². The molecule has 0 bridgehead atoms. The van der Waals surface area contributed by atoms with Crippen LogP contribution in [0.3, 0.4) is 0 Å². The molecule has 0 atom stereocenters. The van der Waals surface area contributed by atoms with Crippen molar-refractivity contribution in [2.45, 2.75) is 27.2 Å². The number of ketones is 1. The van der Waals surface area contributed by atoms with Crippen LogP contribution in [0.25, 0.3) is 0 Å². The van der Waals surface area contributed by atoms with E-state index in [1.807, 2.05) is 6.92 Å². The molecule has 1 nitrogen and oxygen atoms in total. The van der Waals surface area contributed by atoms with Gasteiger partial charge in [0, 0.05) is 9.89 Å². The standard InChI is InChI=1S/C12H13BrF2O/c1-4-12(2,3)11(16)10-8(14)5-7(13)6-9(10)15/h5-6H,4H2,1-3H3. The van der Waals surface area contributed by atoms with E-state index in [1.165, 1.54) is 0 Å². The number of carbonyl (C=O) groups is 1. The molecule has 1 aromatic rings. The molecule has 0 saturated carbocycles. The van der Waals surface area contributed by atoms with Crippen molar-refractivity contribution in [3.8, 4) is 0 Å². The molecule has 0 heterocycles. The largest absolute Gasteiger partial charge is 0.293 e. The maximum atomic E-state index is 13.5. The molecule has 0 saturated heterocycles. The van der Waals surface area contributed by atoms with Crippen molar-refractivity contribution in [2.75, 3.05) is 0 Å². The van der Waals surface area contributed by atoms with Crippen LogP contribution in [-0.4, -0.2) is 5.78 Å². The summed E-state index contributed by atoms with van der Waals surface area (Å²) in [5, 5.41) is 0. The number of hydrogen-bond donors (Lipinski definition) is 0. The zero-order valence-electron chi connectivity index (χ0n) is 9.40. The first-order valence-electron chi connectivity index (χ1n) is 4.99. The second-order valence-corrected chi connectivity index (χ2v) is 5.23. The smallest absolute Gasteiger partial charge is 0.174 e. The SMILES string of the molecule is CCC(C)(C)C(=O)c1c(F)cc(Br)cc1F. The third-order valence-corrected chi connectivity index (χ3v) is 3.19. The van der Waals surface area contributed by atoms with Gasteiger partial charge in [-0.2, -0.15) is 0 Å². The second kappa shape index (κ2) is 4.62. The molecule has 16 heavy (non-hydrogen) atoms. The Labute approximate surface area is 102 Å². The van der Waals surface area contributed by atoms with Gasteiger partial charge in [0.1, 0.15) is 11.6 Å². The van der Waals surface area contributed by atoms with Gasteiger partial charge in [-0.1, -0.05) is 36.7 Å². The maximum absolute atomic E-state index is 13.5. The number of halogens is 3. The Kier molecular flexibility index (Phi) is 3.84. The van der Waals surface area contributed by atoms with Gasteiger partial charge in [-0.25, -0.2) is 8.78 Å². The van der Waals surface area contributed by atoms with Gasteiger partial charge >= 0.3 is 0 Å². The van der Waals surface area contributed by atoms with Crippen LogP contribution in [-0.2, 0) is 0 Å². The van der Waals surface area contributed by atoms with E-state index in [2.05, 4.69) is 15.9 Å². The number of carbonyl (C=O) groups excluding carboxylic acids is 1. The third kappa shape index (κ3) is 2.48. The monoisotopic (exact) mass is 290 g/mol. The predicted molar refractivity (Wildman–Crippen MR) is 62.5 cm³/mol. The minimum Gasteiger partial charge on any atom is -0.293 e. The van der Waals surface area contributed by atoms with Crippen molar-refractivity contribution < 1.29 is 13.6 Å². The van der Waals surface area contributed by atoms with Crippen LogP contribution in [0.1, 0.15) is 37.6 Å². The fraction of sp³-hybridized carbons (Fsp3) is 0.417. The Morgan fingerprint density at radius 1 is 1.31 bits per heavy atom. The summed E-state index contributed by atoms with van der Waals surface area (Å²) in [7, 11) is 0. The molecule has 0 aromatic heterocycles. The normalized spacial score (nSPS) is 11.6. The van der Waals surface area contributed by atoms with Crippen LogP contribution >= 0.6 is 15.9 Å². The van der Waals surface area contributed by atoms with Crippen molar-refractivity contribution >= 4 is 21.7 Å². The molecule has 0 aliphatic carbocycles. The van der Waals surface area contributed by atoms with E-state index in [9.17, 15) is 13.6 Å². The van der Waals surface area contributed by atoms with E-state index in [-0.39, 0.29) is 4.47 Å². The van der Waals surface area contributed by atoms with E-state index in [0.717, 1.165) is 12.1 Å². The lowest BCUT2D eigenvalue weighted by Gasteiger charge is -2.21. The summed E-state index contributed by atoms with van der Waals surface area (Å²) in [6.07, 6.45) is 0.529. The summed E-state index contributed by atoms with van der Waals surface area (Å²) < 4.78 is 27.4. The highest BCUT2D eigenvalue weighted by atomic mass is 79.9. The summed E-state index contributed by atoms with van der Waals surface area (Å²) in [5.41, 5.74) is -1.20. The van der Waals surface area contributed by atoms with E-state index < -0.39 is 28.4 Å². The van der Waals surface area contributed by atoms with Crippen LogP contribution in [0.4, 0.5) is 8.78 Å². The number of hydrogen-bond acceptors (Lipinski definition) is 1. The average molecular weight is 291 g/mol. The van der Waals surface area contributed by atoms with Crippen LogP contribution in [0.15, 0.2) is 16.6 Å². The average Bonchev–Trinajstić information content (AvgIpc) is 2.15. The fourth-order valence-corrected chi connectivity index (χ4v) is 1.66. The van der Waals surface area contributed by atoms with E-state index in [0.29, 0.717) is 6.42 Å². The molecule has 88 valence electrons. The lowest BCUT2D eigenvalue weighted by molar-refractivity contribution is 0.0823. The molecule has 0 amide bonds. The minimum absolute atomic E-state index is 0.286. The minimum atomic E-state index is -0.821. The quantitative estimate of drug-likeness (QED) is 0.757. The maximum Gasteiger partial charge on any atom is 0.174 e. The van der Waals surface area contributed by atoms with Gasteiger partial charge in [0.2, 0.25) is 0 Å². The molecule has 4 heteroatoms. The van der Waals surface area contributed by atoms with Crippen molar-refractivity contribution in [3.63, 3.8) is 0 Å². The molecule has 0 N–H and O–H groups in total. The first-order chi connectivity index (χ1) is 7.29. The Balaban J connectivity index is 3.30. The number of Topliss-reactive ketones (excluding diaryl/α,β-unsaturated/α-hetero) is 1. The topological polar surface area (TPSA) is 17.1 Å². The van der Waals surface area contributed by atoms with E-state index in [4.69, 9.17) is 0 Å². The van der Waals surface area contributed by atoms with Gasteiger partial charge < -0.3 is 0 Å². The van der Waals surface area contributed by atoms with E-state index >= 15 is 0 Å². The van der Waals surface area contributed by atoms with Gasteiger partial charge in [0.05, 0.1) is 5.56 Å². The molecule has 0 unspecified atom stereocenters. The number of rotatable bonds is 3. The highest BCUT2D eigenvalue weighted by Gasteiger charge is 2.31. The molecular weight excluding hydrogens is 278 g/mol. The van der Waals surface area contributed by atoms with Crippen molar-refractivity contribution in [2.24, 2.45) is 5.41 Å². The molecular formula is C12H13BrF2O. The summed E-state index contributed by atoms with van der Waals surface area (Å²) >= 11 is 2.97. The first-order valence-corrected chi connectivity index (χ1v) is 5.78. The van der Waals surface area contributed by atoms with Crippen LogP contribution in [0.5, 0.6) is 0 Å². The first kappa shape index (κ1) is 13.3. The molecule has 0 aliphatic heterocycles. The van der Waals surface area contributed by atoms with Gasteiger partial charge in [0.15, 0.2) is 5.78 Å². The molecule has 0 radical (unpaired) electrons. The zero-order valence-corrected chi connectivity index (χ0v) is 11.0. The lowest BCUT2D eigenvalue weighted by Crippen LogP contribution is -2.25. The Morgan fingerprint density at radius 3 is 2.12 bits per heavy atom. The van der Waals surface area contributed by atoms with Crippen LogP contribution in [0.2, 0.25) is 0 Å².